The average molecular weight is 412 g/mol. The SMILES string of the molecule is COC(=O)N1N=C(c2ccc(I)cc2)C(C(F)(F)F)=NN1. The zero-order valence-electron chi connectivity index (χ0n) is 10.5. The fourth-order valence-corrected chi connectivity index (χ4v) is 1.85. The first-order valence-corrected chi connectivity index (χ1v) is 6.54. The lowest BCUT2D eigenvalue weighted by molar-refractivity contribution is -0.0581. The Morgan fingerprint density at radius 2 is 1.95 bits per heavy atom. The van der Waals surface area contributed by atoms with Gasteiger partial charge in [0.25, 0.3) is 0 Å². The topological polar surface area (TPSA) is 66.3 Å². The Kier molecular flexibility index (Phi) is 4.34. The van der Waals surface area contributed by atoms with Crippen molar-refractivity contribution in [2.75, 3.05) is 7.11 Å². The van der Waals surface area contributed by atoms with Gasteiger partial charge in [-0.25, -0.2) is 4.79 Å². The number of alkyl halides is 3. The zero-order chi connectivity index (χ0) is 15.6. The van der Waals surface area contributed by atoms with Gasteiger partial charge in [-0.3, -0.25) is 0 Å². The van der Waals surface area contributed by atoms with Crippen LogP contribution in [-0.2, 0) is 4.74 Å². The Morgan fingerprint density at radius 1 is 1.33 bits per heavy atom. The van der Waals surface area contributed by atoms with E-state index in [4.69, 9.17) is 0 Å². The number of hydrogen-bond donors (Lipinski definition) is 1. The van der Waals surface area contributed by atoms with E-state index in [0.717, 1.165) is 10.7 Å². The standard InChI is InChI=1S/C11H8F3IN4O2/c1-21-10(20)19-17-8(6-2-4-7(15)5-3-6)9(16-18-19)11(12,13)14/h2-5,18H,1H3. The maximum Gasteiger partial charge on any atom is 0.451 e. The normalized spacial score (nSPS) is 15.0. The van der Waals surface area contributed by atoms with Crippen LogP contribution in [0.15, 0.2) is 34.5 Å². The summed E-state index contributed by atoms with van der Waals surface area (Å²) in [5.74, 6) is 0. The summed E-state index contributed by atoms with van der Waals surface area (Å²) in [6.45, 7) is 0. The molecule has 2 rings (SSSR count). The van der Waals surface area contributed by atoms with E-state index in [9.17, 15) is 18.0 Å². The lowest BCUT2D eigenvalue weighted by Crippen LogP contribution is -2.46. The number of hydrazone groups is 2. The van der Waals surface area contributed by atoms with Crippen molar-refractivity contribution < 1.29 is 22.7 Å². The van der Waals surface area contributed by atoms with Gasteiger partial charge >= 0.3 is 12.3 Å². The number of hydrogen-bond acceptors (Lipinski definition) is 5. The van der Waals surface area contributed by atoms with Crippen molar-refractivity contribution in [1.29, 1.82) is 0 Å². The van der Waals surface area contributed by atoms with Crippen LogP contribution >= 0.6 is 22.6 Å². The van der Waals surface area contributed by atoms with Gasteiger partial charge in [0, 0.05) is 9.13 Å². The number of nitrogens with one attached hydrogen (secondary N) is 1. The minimum atomic E-state index is -4.71. The molecule has 0 spiro atoms. The molecule has 21 heavy (non-hydrogen) atoms. The van der Waals surface area contributed by atoms with Crippen LogP contribution in [0.1, 0.15) is 5.56 Å². The van der Waals surface area contributed by atoms with Crippen molar-refractivity contribution in [2.24, 2.45) is 10.2 Å². The number of hydrazine groups is 1. The number of carbonyl (C=O) groups excluding carboxylic acids is 1. The molecule has 0 bridgehead atoms. The van der Waals surface area contributed by atoms with E-state index in [-0.39, 0.29) is 5.56 Å². The molecule has 0 fully saturated rings. The quantitative estimate of drug-likeness (QED) is 0.722. The van der Waals surface area contributed by atoms with Crippen LogP contribution < -0.4 is 5.53 Å². The lowest BCUT2D eigenvalue weighted by atomic mass is 10.1. The average Bonchev–Trinajstić information content (AvgIpc) is 2.45. The molecule has 0 saturated heterocycles. The number of nitrogens with zero attached hydrogens (tertiary/aromatic N) is 3. The van der Waals surface area contributed by atoms with Gasteiger partial charge in [-0.15, -0.1) is 5.10 Å². The largest absolute Gasteiger partial charge is 0.451 e. The molecule has 0 unspecified atom stereocenters. The first-order chi connectivity index (χ1) is 9.82. The van der Waals surface area contributed by atoms with E-state index in [1.54, 1.807) is 12.1 Å². The first-order valence-electron chi connectivity index (χ1n) is 5.46. The molecular weight excluding hydrogens is 404 g/mol. The molecule has 1 amide bonds. The monoisotopic (exact) mass is 412 g/mol. The fourth-order valence-electron chi connectivity index (χ4n) is 1.49. The molecule has 10 heteroatoms. The summed E-state index contributed by atoms with van der Waals surface area (Å²) in [6.07, 6.45) is -5.69. The number of halogens is 4. The van der Waals surface area contributed by atoms with E-state index in [1.165, 1.54) is 12.1 Å². The molecular formula is C11H8F3IN4O2. The van der Waals surface area contributed by atoms with E-state index < -0.39 is 23.7 Å². The van der Waals surface area contributed by atoms with Crippen LogP contribution in [0.5, 0.6) is 0 Å². The van der Waals surface area contributed by atoms with E-state index in [2.05, 4.69) is 14.9 Å². The fraction of sp³-hybridized carbons (Fsp3) is 0.182. The maximum absolute atomic E-state index is 13.0. The minimum absolute atomic E-state index is 0.182. The Bertz CT molecular complexity index is 613. The van der Waals surface area contributed by atoms with Crippen molar-refractivity contribution in [3.05, 3.63) is 33.4 Å². The lowest BCUT2D eigenvalue weighted by Gasteiger charge is -2.23. The number of carbonyl (C=O) groups is 1. The highest BCUT2D eigenvalue weighted by Crippen LogP contribution is 2.23. The van der Waals surface area contributed by atoms with Gasteiger partial charge in [0.1, 0.15) is 5.71 Å². The summed E-state index contributed by atoms with van der Waals surface area (Å²) in [4.78, 5) is 11.3. The van der Waals surface area contributed by atoms with Crippen LogP contribution in [0.25, 0.3) is 0 Å². The highest BCUT2D eigenvalue weighted by molar-refractivity contribution is 14.1. The Morgan fingerprint density at radius 3 is 2.48 bits per heavy atom. The van der Waals surface area contributed by atoms with Gasteiger partial charge in [-0.05, 0) is 34.7 Å². The molecule has 1 aromatic rings. The smallest absolute Gasteiger partial charge is 0.450 e. The molecule has 1 N–H and O–H groups in total. The number of amides is 1. The van der Waals surface area contributed by atoms with Crippen molar-refractivity contribution in [3.63, 3.8) is 0 Å². The molecule has 112 valence electrons. The van der Waals surface area contributed by atoms with Crippen LogP contribution in [0.2, 0.25) is 0 Å². The number of methoxy groups -OCH3 is 1. The van der Waals surface area contributed by atoms with Crippen molar-refractivity contribution in [1.82, 2.24) is 10.7 Å². The van der Waals surface area contributed by atoms with Crippen molar-refractivity contribution in [2.45, 2.75) is 6.18 Å². The van der Waals surface area contributed by atoms with Gasteiger partial charge in [0.15, 0.2) is 5.71 Å². The Labute approximate surface area is 130 Å². The molecule has 1 aliphatic rings. The summed E-state index contributed by atoms with van der Waals surface area (Å²) < 4.78 is 44.2. The zero-order valence-corrected chi connectivity index (χ0v) is 12.6. The number of benzene rings is 1. The van der Waals surface area contributed by atoms with Crippen LogP contribution in [0.4, 0.5) is 18.0 Å². The molecule has 0 atom stereocenters. The Balaban J connectivity index is 2.46. The van der Waals surface area contributed by atoms with Gasteiger partial charge in [0.05, 0.1) is 7.11 Å². The molecule has 1 heterocycles. The van der Waals surface area contributed by atoms with E-state index >= 15 is 0 Å². The summed E-state index contributed by atoms with van der Waals surface area (Å²) in [5, 5.41) is 7.27. The highest BCUT2D eigenvalue weighted by Gasteiger charge is 2.42. The Hall–Kier alpha value is -1.85. The molecule has 0 aromatic heterocycles. The van der Waals surface area contributed by atoms with E-state index in [1.807, 2.05) is 28.1 Å². The summed E-state index contributed by atoms with van der Waals surface area (Å²) >= 11 is 2.02. The summed E-state index contributed by atoms with van der Waals surface area (Å²) in [7, 11) is 1.08. The van der Waals surface area contributed by atoms with Gasteiger partial charge in [-0.1, -0.05) is 17.3 Å². The molecule has 6 nitrogen and oxygen atoms in total. The van der Waals surface area contributed by atoms with Crippen molar-refractivity contribution >= 4 is 40.1 Å². The van der Waals surface area contributed by atoms with Crippen LogP contribution in [0.3, 0.4) is 0 Å². The third kappa shape index (κ3) is 3.43. The number of ether oxygens (including phenoxy) is 1. The molecule has 0 radical (unpaired) electrons. The number of rotatable bonds is 1. The summed E-state index contributed by atoms with van der Waals surface area (Å²) in [6, 6.07) is 6.17. The first kappa shape index (κ1) is 15.5. The molecule has 0 saturated carbocycles. The van der Waals surface area contributed by atoms with Crippen LogP contribution in [-0.4, -0.2) is 35.9 Å². The molecule has 1 aromatic carbocycles. The highest BCUT2D eigenvalue weighted by atomic mass is 127. The van der Waals surface area contributed by atoms with Gasteiger partial charge < -0.3 is 4.74 Å². The predicted octanol–water partition coefficient (Wildman–Crippen LogP) is 2.50. The predicted molar refractivity (Wildman–Crippen MR) is 76.6 cm³/mol. The third-order valence-electron chi connectivity index (χ3n) is 2.41. The van der Waals surface area contributed by atoms with E-state index in [0.29, 0.717) is 5.12 Å². The third-order valence-corrected chi connectivity index (χ3v) is 3.13. The van der Waals surface area contributed by atoms with Crippen molar-refractivity contribution in [3.8, 4) is 0 Å². The maximum atomic E-state index is 13.0. The van der Waals surface area contributed by atoms with Gasteiger partial charge in [0.2, 0.25) is 0 Å². The summed E-state index contributed by atoms with van der Waals surface area (Å²) in [5.41, 5.74) is 0.370. The second kappa shape index (κ2) is 5.87. The minimum Gasteiger partial charge on any atom is -0.450 e. The van der Waals surface area contributed by atoms with Gasteiger partial charge in [-0.2, -0.15) is 23.8 Å². The second-order valence-electron chi connectivity index (χ2n) is 3.80. The molecule has 1 aliphatic heterocycles. The molecule has 0 aliphatic carbocycles. The van der Waals surface area contributed by atoms with Crippen LogP contribution in [0, 0.1) is 3.57 Å². The second-order valence-corrected chi connectivity index (χ2v) is 5.04.